The van der Waals surface area contributed by atoms with Crippen LogP contribution in [0, 0.1) is 6.92 Å². The Morgan fingerprint density at radius 3 is 2.56 bits per heavy atom. The van der Waals surface area contributed by atoms with Crippen LogP contribution in [0.25, 0.3) is 11.0 Å². The van der Waals surface area contributed by atoms with Gasteiger partial charge < -0.3 is 14.3 Å². The third-order valence-electron chi connectivity index (χ3n) is 3.93. The molecule has 0 aliphatic heterocycles. The molecule has 0 atom stereocenters. The van der Waals surface area contributed by atoms with E-state index in [9.17, 15) is 14.4 Å². The van der Waals surface area contributed by atoms with E-state index in [2.05, 4.69) is 4.98 Å². The monoisotopic (exact) mass is 338 g/mol. The molecule has 0 spiro atoms. The van der Waals surface area contributed by atoms with Gasteiger partial charge in [0, 0.05) is 6.54 Å². The van der Waals surface area contributed by atoms with E-state index in [1.54, 1.807) is 36.4 Å². The second-order valence-corrected chi connectivity index (χ2v) is 5.78. The van der Waals surface area contributed by atoms with Gasteiger partial charge in [0.25, 0.3) is 0 Å². The van der Waals surface area contributed by atoms with E-state index < -0.39 is 17.1 Å². The summed E-state index contributed by atoms with van der Waals surface area (Å²) in [5.74, 6) is -0.400. The Labute approximate surface area is 143 Å². The number of rotatable bonds is 5. The number of carbonyl (C=O) groups is 1. The zero-order valence-corrected chi connectivity index (χ0v) is 13.8. The van der Waals surface area contributed by atoms with Gasteiger partial charge in [-0.25, -0.2) is 4.79 Å². The fourth-order valence-electron chi connectivity index (χ4n) is 2.60. The van der Waals surface area contributed by atoms with Gasteiger partial charge in [0.1, 0.15) is 0 Å². The summed E-state index contributed by atoms with van der Waals surface area (Å²) in [6, 6.07) is 14.2. The molecule has 25 heavy (non-hydrogen) atoms. The molecule has 1 heterocycles. The Hall–Kier alpha value is -3.15. The Balaban J connectivity index is 1.66. The van der Waals surface area contributed by atoms with Crippen molar-refractivity contribution in [2.24, 2.45) is 0 Å². The topological polar surface area (TPSA) is 81.2 Å². The van der Waals surface area contributed by atoms with Crippen molar-refractivity contribution < 1.29 is 9.53 Å². The molecule has 1 N–H and O–H groups in total. The number of benzene rings is 2. The zero-order chi connectivity index (χ0) is 17.8. The molecule has 1 aromatic heterocycles. The van der Waals surface area contributed by atoms with Gasteiger partial charge in [-0.2, -0.15) is 0 Å². The lowest BCUT2D eigenvalue weighted by atomic mass is 10.1. The van der Waals surface area contributed by atoms with E-state index >= 15 is 0 Å². The van der Waals surface area contributed by atoms with E-state index in [1.165, 1.54) is 4.57 Å². The lowest BCUT2D eigenvalue weighted by Gasteiger charge is -2.10. The van der Waals surface area contributed by atoms with Crippen LogP contribution in [0.2, 0.25) is 0 Å². The van der Waals surface area contributed by atoms with Crippen LogP contribution < -0.4 is 11.1 Å². The zero-order valence-electron chi connectivity index (χ0n) is 13.8. The van der Waals surface area contributed by atoms with Gasteiger partial charge in [0.2, 0.25) is 0 Å². The first-order valence-electron chi connectivity index (χ1n) is 8.02. The summed E-state index contributed by atoms with van der Waals surface area (Å²) in [5, 5.41) is 0. The summed E-state index contributed by atoms with van der Waals surface area (Å²) in [4.78, 5) is 38.3. The van der Waals surface area contributed by atoms with Crippen molar-refractivity contribution in [3.63, 3.8) is 0 Å². The van der Waals surface area contributed by atoms with E-state index in [1.807, 2.05) is 19.1 Å². The molecule has 0 aliphatic carbocycles. The summed E-state index contributed by atoms with van der Waals surface area (Å²) >= 11 is 0. The second kappa shape index (κ2) is 7.17. The first-order valence-corrected chi connectivity index (χ1v) is 8.02. The lowest BCUT2D eigenvalue weighted by molar-refractivity contribution is 0.0496. The highest BCUT2D eigenvalue weighted by molar-refractivity contribution is 5.89. The van der Waals surface area contributed by atoms with Crippen LogP contribution >= 0.6 is 0 Å². The summed E-state index contributed by atoms with van der Waals surface area (Å²) in [5.41, 5.74) is 1.54. The van der Waals surface area contributed by atoms with Crippen molar-refractivity contribution in [3.05, 3.63) is 80.4 Å². The molecule has 6 heteroatoms. The van der Waals surface area contributed by atoms with E-state index in [0.29, 0.717) is 29.6 Å². The smallest absolute Gasteiger partial charge is 0.338 e. The lowest BCUT2D eigenvalue weighted by Crippen LogP contribution is -2.36. The Bertz CT molecular complexity index is 1020. The molecule has 0 bridgehead atoms. The summed E-state index contributed by atoms with van der Waals surface area (Å²) in [6.07, 6.45) is 0.435. The van der Waals surface area contributed by atoms with Gasteiger partial charge in [0.05, 0.1) is 23.2 Å². The molecule has 0 saturated heterocycles. The van der Waals surface area contributed by atoms with Gasteiger partial charge in [0.15, 0.2) is 0 Å². The minimum absolute atomic E-state index is 0.167. The molecule has 128 valence electrons. The molecule has 3 rings (SSSR count). The van der Waals surface area contributed by atoms with Crippen LogP contribution in [-0.4, -0.2) is 22.1 Å². The van der Waals surface area contributed by atoms with Gasteiger partial charge >= 0.3 is 17.1 Å². The fraction of sp³-hybridized carbons (Fsp3) is 0.211. The van der Waals surface area contributed by atoms with Gasteiger partial charge in [-0.3, -0.25) is 9.59 Å². The minimum Gasteiger partial charge on any atom is -0.462 e. The average molecular weight is 338 g/mol. The molecule has 3 aromatic rings. The highest BCUT2D eigenvalue weighted by Gasteiger charge is 2.09. The predicted molar refractivity (Wildman–Crippen MR) is 94.9 cm³/mol. The average Bonchev–Trinajstić information content (AvgIpc) is 2.62. The highest BCUT2D eigenvalue weighted by atomic mass is 16.5. The fourth-order valence-corrected chi connectivity index (χ4v) is 2.60. The normalized spacial score (nSPS) is 10.8. The Morgan fingerprint density at radius 1 is 1.08 bits per heavy atom. The molecule has 0 saturated carbocycles. The first kappa shape index (κ1) is 16.7. The van der Waals surface area contributed by atoms with Crippen molar-refractivity contribution >= 4 is 17.0 Å². The number of hydrogen-bond donors (Lipinski definition) is 1. The molecule has 6 nitrogen and oxygen atoms in total. The number of ether oxygens (including phenoxy) is 1. The number of carbonyl (C=O) groups excluding carboxylic acids is 1. The number of esters is 1. The van der Waals surface area contributed by atoms with Crippen molar-refractivity contribution in [3.8, 4) is 0 Å². The molecule has 0 radical (unpaired) electrons. The summed E-state index contributed by atoms with van der Waals surface area (Å²) < 4.78 is 6.64. The summed E-state index contributed by atoms with van der Waals surface area (Å²) in [7, 11) is 0. The van der Waals surface area contributed by atoms with Gasteiger partial charge in [-0.05, 0) is 37.6 Å². The second-order valence-electron chi connectivity index (χ2n) is 5.78. The quantitative estimate of drug-likeness (QED) is 0.439. The van der Waals surface area contributed by atoms with Crippen LogP contribution in [0.3, 0.4) is 0 Å². The van der Waals surface area contributed by atoms with E-state index in [-0.39, 0.29) is 6.61 Å². The number of fused-ring (bicyclic) bond motifs is 1. The van der Waals surface area contributed by atoms with Crippen LogP contribution in [0.15, 0.2) is 58.1 Å². The van der Waals surface area contributed by atoms with Crippen LogP contribution in [0.1, 0.15) is 22.3 Å². The maximum absolute atomic E-state index is 12.1. The van der Waals surface area contributed by atoms with Crippen molar-refractivity contribution in [2.45, 2.75) is 19.9 Å². The number of aromatic nitrogens is 2. The SMILES string of the molecule is Cc1ccc(C(=O)OCCCn2c(=O)c(=O)[nH]c3ccccc32)cc1. The standard InChI is InChI=1S/C19H18N2O4/c1-13-7-9-14(10-8-13)19(24)25-12-4-11-21-16-6-3-2-5-15(16)20-17(22)18(21)23/h2-3,5-10H,4,11-12H2,1H3,(H,20,22). The number of H-pyrrole nitrogens is 1. The van der Waals surface area contributed by atoms with Crippen LogP contribution in [-0.2, 0) is 11.3 Å². The number of aromatic amines is 1. The number of nitrogens with zero attached hydrogens (tertiary/aromatic N) is 1. The molecule has 0 aliphatic rings. The third kappa shape index (κ3) is 3.68. The highest BCUT2D eigenvalue weighted by Crippen LogP contribution is 2.08. The molecular weight excluding hydrogens is 320 g/mol. The van der Waals surface area contributed by atoms with E-state index in [0.717, 1.165) is 5.56 Å². The maximum Gasteiger partial charge on any atom is 0.338 e. The van der Waals surface area contributed by atoms with E-state index in [4.69, 9.17) is 4.74 Å². The van der Waals surface area contributed by atoms with Crippen molar-refractivity contribution in [1.29, 1.82) is 0 Å². The number of para-hydroxylation sites is 2. The molecule has 0 amide bonds. The Kier molecular flexibility index (Phi) is 4.79. The number of aryl methyl sites for hydroxylation is 2. The van der Waals surface area contributed by atoms with Gasteiger partial charge in [-0.1, -0.05) is 29.8 Å². The first-order chi connectivity index (χ1) is 12.1. The largest absolute Gasteiger partial charge is 0.462 e. The molecule has 0 fully saturated rings. The molecule has 0 unspecified atom stereocenters. The molecular formula is C19H18N2O4. The Morgan fingerprint density at radius 2 is 1.80 bits per heavy atom. The molecule has 2 aromatic carbocycles. The van der Waals surface area contributed by atoms with Crippen LogP contribution in [0.5, 0.6) is 0 Å². The van der Waals surface area contributed by atoms with Crippen LogP contribution in [0.4, 0.5) is 0 Å². The number of hydrogen-bond acceptors (Lipinski definition) is 4. The van der Waals surface area contributed by atoms with Crippen molar-refractivity contribution in [2.75, 3.05) is 6.61 Å². The number of nitrogens with one attached hydrogen (secondary N) is 1. The van der Waals surface area contributed by atoms with Crippen molar-refractivity contribution in [1.82, 2.24) is 9.55 Å². The predicted octanol–water partition coefficient (Wildman–Crippen LogP) is 2.25. The summed E-state index contributed by atoms with van der Waals surface area (Å²) in [6.45, 7) is 2.41. The maximum atomic E-state index is 12.1. The van der Waals surface area contributed by atoms with Gasteiger partial charge in [-0.15, -0.1) is 0 Å². The third-order valence-corrected chi connectivity index (χ3v) is 3.93. The minimum atomic E-state index is -0.657.